The molecule has 2 heterocycles. The van der Waals surface area contributed by atoms with Crippen LogP contribution < -0.4 is 5.32 Å². The molecule has 1 N–H and O–H groups in total. The van der Waals surface area contributed by atoms with E-state index in [-0.39, 0.29) is 0 Å². The molecule has 4 heteroatoms. The zero-order valence-corrected chi connectivity index (χ0v) is 12.1. The number of aryl methyl sites for hydroxylation is 1. The Kier molecular flexibility index (Phi) is 4.80. The first-order valence-electron chi connectivity index (χ1n) is 7.05. The third-order valence-electron chi connectivity index (χ3n) is 3.15. The van der Waals surface area contributed by atoms with Crippen molar-refractivity contribution in [2.75, 3.05) is 6.54 Å². The fourth-order valence-corrected chi connectivity index (χ4v) is 2.11. The van der Waals surface area contributed by atoms with Crippen molar-refractivity contribution in [3.05, 3.63) is 42.0 Å². The largest absolute Gasteiger partial charge is 0.346 e. The quantitative estimate of drug-likeness (QED) is 0.830. The van der Waals surface area contributed by atoms with Crippen LogP contribution in [0.2, 0.25) is 0 Å². The van der Waals surface area contributed by atoms with Crippen molar-refractivity contribution >= 4 is 0 Å². The lowest BCUT2D eigenvalue weighted by Gasteiger charge is -2.10. The molecule has 2 rings (SSSR count). The van der Waals surface area contributed by atoms with Gasteiger partial charge in [-0.25, -0.2) is 0 Å². The summed E-state index contributed by atoms with van der Waals surface area (Å²) in [5, 5.41) is 7.81. The summed E-state index contributed by atoms with van der Waals surface area (Å²) in [5.74, 6) is 0.686. The molecule has 0 atom stereocenters. The maximum Gasteiger partial charge on any atom is 0.0539 e. The van der Waals surface area contributed by atoms with Crippen molar-refractivity contribution in [2.24, 2.45) is 5.92 Å². The van der Waals surface area contributed by atoms with Crippen molar-refractivity contribution in [1.82, 2.24) is 19.7 Å². The second-order valence-electron chi connectivity index (χ2n) is 5.36. The molecule has 0 saturated heterocycles. The van der Waals surface area contributed by atoms with Crippen molar-refractivity contribution < 1.29 is 0 Å². The van der Waals surface area contributed by atoms with Crippen LogP contribution >= 0.6 is 0 Å². The number of aromatic nitrogens is 3. The number of nitrogens with one attached hydrogen (secondary N) is 1. The molecular formula is C15H24N4. The molecule has 0 unspecified atom stereocenters. The molecule has 0 saturated carbocycles. The summed E-state index contributed by atoms with van der Waals surface area (Å²) in [6, 6.07) is 4.29. The number of nitrogens with zero attached hydrogens (tertiary/aromatic N) is 3. The second kappa shape index (κ2) is 6.57. The molecule has 0 aliphatic carbocycles. The lowest BCUT2D eigenvalue weighted by Crippen LogP contribution is -2.20. The van der Waals surface area contributed by atoms with Crippen LogP contribution in [-0.4, -0.2) is 20.9 Å². The van der Waals surface area contributed by atoms with Crippen molar-refractivity contribution in [3.8, 4) is 0 Å². The van der Waals surface area contributed by atoms with Gasteiger partial charge in [0.2, 0.25) is 0 Å². The molecule has 0 bridgehead atoms. The van der Waals surface area contributed by atoms with Crippen LogP contribution in [0.3, 0.4) is 0 Å². The Balaban J connectivity index is 1.95. The van der Waals surface area contributed by atoms with Gasteiger partial charge < -0.3 is 9.88 Å². The predicted octanol–water partition coefficient (Wildman–Crippen LogP) is 2.50. The van der Waals surface area contributed by atoms with Gasteiger partial charge >= 0.3 is 0 Å². The lowest BCUT2D eigenvalue weighted by molar-refractivity contribution is 0.539. The molecule has 0 aliphatic heterocycles. The van der Waals surface area contributed by atoms with Gasteiger partial charge in [0, 0.05) is 36.7 Å². The Labute approximate surface area is 115 Å². The summed E-state index contributed by atoms with van der Waals surface area (Å²) in [6.45, 7) is 10.4. The molecule has 4 nitrogen and oxygen atoms in total. The van der Waals surface area contributed by atoms with Crippen LogP contribution in [0.15, 0.2) is 30.7 Å². The van der Waals surface area contributed by atoms with E-state index in [1.807, 2.05) is 10.9 Å². The lowest BCUT2D eigenvalue weighted by atomic mass is 10.2. The molecular weight excluding hydrogens is 236 g/mol. The Morgan fingerprint density at radius 1 is 1.37 bits per heavy atom. The van der Waals surface area contributed by atoms with E-state index in [1.54, 1.807) is 0 Å². The highest BCUT2D eigenvalue weighted by atomic mass is 15.3. The minimum atomic E-state index is 0.686. The van der Waals surface area contributed by atoms with Gasteiger partial charge in [0.15, 0.2) is 0 Å². The summed E-state index contributed by atoms with van der Waals surface area (Å²) >= 11 is 0. The third-order valence-corrected chi connectivity index (χ3v) is 3.15. The molecule has 0 radical (unpaired) electrons. The van der Waals surface area contributed by atoms with E-state index in [0.717, 1.165) is 26.2 Å². The van der Waals surface area contributed by atoms with Crippen molar-refractivity contribution in [3.63, 3.8) is 0 Å². The first-order chi connectivity index (χ1) is 9.19. The first-order valence-corrected chi connectivity index (χ1v) is 7.05. The highest BCUT2D eigenvalue weighted by molar-refractivity contribution is 5.12. The van der Waals surface area contributed by atoms with E-state index in [1.165, 1.54) is 11.3 Å². The Hall–Kier alpha value is -1.55. The van der Waals surface area contributed by atoms with Gasteiger partial charge in [-0.3, -0.25) is 4.68 Å². The average molecular weight is 260 g/mol. The van der Waals surface area contributed by atoms with E-state index >= 15 is 0 Å². The molecule has 104 valence electrons. The molecule has 19 heavy (non-hydrogen) atoms. The third kappa shape index (κ3) is 3.96. The fraction of sp³-hybridized carbons (Fsp3) is 0.533. The SMILES string of the molecule is CCn1cc(Cn2cccc2CNCC(C)C)cn1. The number of hydrogen-bond donors (Lipinski definition) is 1. The predicted molar refractivity (Wildman–Crippen MR) is 78.0 cm³/mol. The fourth-order valence-electron chi connectivity index (χ4n) is 2.11. The topological polar surface area (TPSA) is 34.8 Å². The maximum absolute atomic E-state index is 4.32. The first kappa shape index (κ1) is 13.9. The van der Waals surface area contributed by atoms with E-state index in [0.29, 0.717) is 5.92 Å². The molecule has 2 aromatic rings. The highest BCUT2D eigenvalue weighted by Gasteiger charge is 2.04. The Morgan fingerprint density at radius 2 is 2.21 bits per heavy atom. The minimum Gasteiger partial charge on any atom is -0.346 e. The normalized spacial score (nSPS) is 11.4. The van der Waals surface area contributed by atoms with Crippen molar-refractivity contribution in [2.45, 2.75) is 40.4 Å². The Bertz CT molecular complexity index is 496. The van der Waals surface area contributed by atoms with Crippen LogP contribution in [-0.2, 0) is 19.6 Å². The highest BCUT2D eigenvalue weighted by Crippen LogP contribution is 2.07. The Morgan fingerprint density at radius 3 is 2.89 bits per heavy atom. The standard InChI is InChI=1S/C15H24N4/c1-4-19-12-14(9-17-19)11-18-7-5-6-15(18)10-16-8-13(2)3/h5-7,9,12-13,16H,4,8,10-11H2,1-3H3. The summed E-state index contributed by atoms with van der Waals surface area (Å²) in [4.78, 5) is 0. The van der Waals surface area contributed by atoms with Crippen LogP contribution in [0.1, 0.15) is 32.0 Å². The zero-order chi connectivity index (χ0) is 13.7. The minimum absolute atomic E-state index is 0.686. The second-order valence-corrected chi connectivity index (χ2v) is 5.36. The van der Waals surface area contributed by atoms with Gasteiger partial charge in [-0.15, -0.1) is 0 Å². The zero-order valence-electron chi connectivity index (χ0n) is 12.1. The van der Waals surface area contributed by atoms with Gasteiger partial charge in [-0.2, -0.15) is 5.10 Å². The molecule has 0 aliphatic rings. The van der Waals surface area contributed by atoms with Crippen LogP contribution in [0.5, 0.6) is 0 Å². The summed E-state index contributed by atoms with van der Waals surface area (Å²) in [6.07, 6.45) is 6.20. The van der Waals surface area contributed by atoms with Crippen LogP contribution in [0.4, 0.5) is 0 Å². The molecule has 0 aromatic carbocycles. The summed E-state index contributed by atoms with van der Waals surface area (Å²) < 4.78 is 4.25. The maximum atomic E-state index is 4.32. The summed E-state index contributed by atoms with van der Waals surface area (Å²) in [7, 11) is 0. The van der Waals surface area contributed by atoms with E-state index in [4.69, 9.17) is 0 Å². The summed E-state index contributed by atoms with van der Waals surface area (Å²) in [5.41, 5.74) is 2.58. The van der Waals surface area contributed by atoms with Gasteiger partial charge in [0.05, 0.1) is 12.7 Å². The number of hydrogen-bond acceptors (Lipinski definition) is 2. The van der Waals surface area contributed by atoms with E-state index in [9.17, 15) is 0 Å². The van der Waals surface area contributed by atoms with Crippen LogP contribution in [0, 0.1) is 5.92 Å². The van der Waals surface area contributed by atoms with Gasteiger partial charge in [0.25, 0.3) is 0 Å². The van der Waals surface area contributed by atoms with Gasteiger partial charge in [-0.05, 0) is 31.5 Å². The van der Waals surface area contributed by atoms with Crippen LogP contribution in [0.25, 0.3) is 0 Å². The van der Waals surface area contributed by atoms with Gasteiger partial charge in [-0.1, -0.05) is 13.8 Å². The van der Waals surface area contributed by atoms with E-state index < -0.39 is 0 Å². The molecule has 0 spiro atoms. The molecule has 2 aromatic heterocycles. The van der Waals surface area contributed by atoms with E-state index in [2.05, 4.69) is 60.3 Å². The molecule has 0 amide bonds. The van der Waals surface area contributed by atoms with Crippen molar-refractivity contribution in [1.29, 1.82) is 0 Å². The number of rotatable bonds is 7. The average Bonchev–Trinajstić information content (AvgIpc) is 2.99. The smallest absolute Gasteiger partial charge is 0.0539 e. The monoisotopic (exact) mass is 260 g/mol. The van der Waals surface area contributed by atoms with Gasteiger partial charge in [0.1, 0.15) is 0 Å². The molecule has 0 fully saturated rings.